The number of halogens is 2. The third kappa shape index (κ3) is 3.02. The second-order valence-electron chi connectivity index (χ2n) is 3.60. The maximum absolute atomic E-state index is 13.1. The Kier molecular flexibility index (Phi) is 4.01. The Morgan fingerprint density at radius 1 is 1.47 bits per heavy atom. The van der Waals surface area contributed by atoms with E-state index in [2.05, 4.69) is 9.72 Å². The molecule has 0 spiro atoms. The Morgan fingerprint density at radius 2 is 2.21 bits per heavy atom. The predicted octanol–water partition coefficient (Wildman–Crippen LogP) is 3.82. The second-order valence-corrected chi connectivity index (χ2v) is 4.92. The first-order chi connectivity index (χ1) is 9.01. The monoisotopic (exact) mass is 301 g/mol. The van der Waals surface area contributed by atoms with Crippen LogP contribution >= 0.6 is 22.9 Å². The maximum atomic E-state index is 13.1. The standard InChI is InChI=1S/C12H9ClFNO3S/c1-6-5-7(3-4-8(6)14)18-12-15-10(13)9(19-12)11(16)17-2/h3-5H,1-2H3. The summed E-state index contributed by atoms with van der Waals surface area (Å²) in [5.74, 6) is -0.479. The lowest BCUT2D eigenvalue weighted by Crippen LogP contribution is -1.98. The number of hydrogen-bond acceptors (Lipinski definition) is 5. The molecule has 0 aliphatic carbocycles. The van der Waals surface area contributed by atoms with Gasteiger partial charge in [-0.2, -0.15) is 4.98 Å². The van der Waals surface area contributed by atoms with Crippen LogP contribution in [0.25, 0.3) is 0 Å². The first kappa shape index (κ1) is 13.8. The van der Waals surface area contributed by atoms with Crippen molar-refractivity contribution in [2.24, 2.45) is 0 Å². The Labute approximate surface area is 117 Å². The molecule has 4 nitrogen and oxygen atoms in total. The first-order valence-electron chi connectivity index (χ1n) is 5.20. The topological polar surface area (TPSA) is 48.4 Å². The van der Waals surface area contributed by atoms with Crippen molar-refractivity contribution in [3.05, 3.63) is 39.6 Å². The summed E-state index contributed by atoms with van der Waals surface area (Å²) in [6.07, 6.45) is 0. The van der Waals surface area contributed by atoms with Crippen molar-refractivity contribution in [2.45, 2.75) is 6.92 Å². The van der Waals surface area contributed by atoms with Crippen molar-refractivity contribution in [1.82, 2.24) is 4.98 Å². The van der Waals surface area contributed by atoms with Crippen LogP contribution in [0.3, 0.4) is 0 Å². The Morgan fingerprint density at radius 3 is 2.84 bits per heavy atom. The van der Waals surface area contributed by atoms with Gasteiger partial charge in [0.15, 0.2) is 10.0 Å². The molecule has 100 valence electrons. The van der Waals surface area contributed by atoms with Gasteiger partial charge in [0.05, 0.1) is 7.11 Å². The van der Waals surface area contributed by atoms with Crippen LogP contribution in [-0.2, 0) is 4.74 Å². The van der Waals surface area contributed by atoms with Crippen molar-refractivity contribution in [2.75, 3.05) is 7.11 Å². The second kappa shape index (κ2) is 5.54. The van der Waals surface area contributed by atoms with Gasteiger partial charge in [0.1, 0.15) is 11.6 Å². The highest BCUT2D eigenvalue weighted by molar-refractivity contribution is 7.15. The smallest absolute Gasteiger partial charge is 0.351 e. The fourth-order valence-electron chi connectivity index (χ4n) is 1.33. The SMILES string of the molecule is COC(=O)c1sc(Oc2ccc(F)c(C)c2)nc1Cl. The third-order valence-corrected chi connectivity index (χ3v) is 3.57. The molecule has 0 amide bonds. The molecular weight excluding hydrogens is 293 g/mol. The van der Waals surface area contributed by atoms with Gasteiger partial charge >= 0.3 is 5.97 Å². The molecule has 0 saturated carbocycles. The van der Waals surface area contributed by atoms with Gasteiger partial charge in [-0.05, 0) is 30.7 Å². The molecule has 0 aliphatic rings. The van der Waals surface area contributed by atoms with Gasteiger partial charge in [-0.3, -0.25) is 0 Å². The molecule has 0 atom stereocenters. The van der Waals surface area contributed by atoms with E-state index in [0.29, 0.717) is 11.3 Å². The Balaban J connectivity index is 2.24. The van der Waals surface area contributed by atoms with E-state index in [9.17, 15) is 9.18 Å². The molecule has 2 rings (SSSR count). The summed E-state index contributed by atoms with van der Waals surface area (Å²) in [6, 6.07) is 4.29. The van der Waals surface area contributed by atoms with E-state index in [1.807, 2.05) is 0 Å². The maximum Gasteiger partial charge on any atom is 0.351 e. The summed E-state index contributed by atoms with van der Waals surface area (Å²) in [7, 11) is 1.25. The highest BCUT2D eigenvalue weighted by atomic mass is 35.5. The number of ether oxygens (including phenoxy) is 2. The number of carbonyl (C=O) groups excluding carboxylic acids is 1. The molecule has 1 aromatic carbocycles. The van der Waals surface area contributed by atoms with E-state index in [-0.39, 0.29) is 21.0 Å². The molecule has 1 heterocycles. The number of benzene rings is 1. The Hall–Kier alpha value is -1.66. The third-order valence-electron chi connectivity index (χ3n) is 2.27. The van der Waals surface area contributed by atoms with Gasteiger partial charge < -0.3 is 9.47 Å². The number of methoxy groups -OCH3 is 1. The molecule has 19 heavy (non-hydrogen) atoms. The average molecular weight is 302 g/mol. The largest absolute Gasteiger partial charge is 0.465 e. The van der Waals surface area contributed by atoms with Gasteiger partial charge in [0.2, 0.25) is 0 Å². The van der Waals surface area contributed by atoms with Crippen LogP contribution in [0.5, 0.6) is 10.9 Å². The number of rotatable bonds is 3. The summed E-state index contributed by atoms with van der Waals surface area (Å²) in [5.41, 5.74) is 0.452. The van der Waals surface area contributed by atoms with Crippen LogP contribution in [0.15, 0.2) is 18.2 Å². The van der Waals surface area contributed by atoms with Crippen molar-refractivity contribution in [3.63, 3.8) is 0 Å². The van der Waals surface area contributed by atoms with Crippen molar-refractivity contribution in [1.29, 1.82) is 0 Å². The summed E-state index contributed by atoms with van der Waals surface area (Å²) in [6.45, 7) is 1.62. The van der Waals surface area contributed by atoms with E-state index < -0.39 is 5.97 Å². The van der Waals surface area contributed by atoms with Gasteiger partial charge in [0, 0.05) is 0 Å². The van der Waals surface area contributed by atoms with Crippen molar-refractivity contribution >= 4 is 28.9 Å². The molecule has 1 aromatic heterocycles. The summed E-state index contributed by atoms with van der Waals surface area (Å²) in [5, 5.41) is 0.210. The lowest BCUT2D eigenvalue weighted by Gasteiger charge is -2.02. The minimum absolute atomic E-state index is 0.0192. The number of thiazole rings is 1. The molecule has 0 saturated heterocycles. The first-order valence-corrected chi connectivity index (χ1v) is 6.39. The average Bonchev–Trinajstić information content (AvgIpc) is 2.74. The normalized spacial score (nSPS) is 10.3. The highest BCUT2D eigenvalue weighted by Crippen LogP contribution is 2.32. The van der Waals surface area contributed by atoms with Gasteiger partial charge in [-0.1, -0.05) is 22.9 Å². The molecule has 7 heteroatoms. The molecular formula is C12H9ClFNO3S. The van der Waals surface area contributed by atoms with Crippen molar-refractivity contribution in [3.8, 4) is 10.9 Å². The van der Waals surface area contributed by atoms with Crippen molar-refractivity contribution < 1.29 is 18.7 Å². The van der Waals surface area contributed by atoms with E-state index in [1.54, 1.807) is 6.92 Å². The summed E-state index contributed by atoms with van der Waals surface area (Å²) >= 11 is 6.76. The minimum atomic E-state index is -0.576. The fourth-order valence-corrected chi connectivity index (χ4v) is 2.39. The molecule has 0 N–H and O–H groups in total. The molecule has 0 aliphatic heterocycles. The highest BCUT2D eigenvalue weighted by Gasteiger charge is 2.18. The van der Waals surface area contributed by atoms with Crippen LogP contribution in [0.2, 0.25) is 5.15 Å². The zero-order valence-electron chi connectivity index (χ0n) is 10.1. The van der Waals surface area contributed by atoms with E-state index >= 15 is 0 Å². The molecule has 2 aromatic rings. The van der Waals surface area contributed by atoms with E-state index in [0.717, 1.165) is 11.3 Å². The van der Waals surface area contributed by atoms with E-state index in [4.69, 9.17) is 16.3 Å². The Bertz CT molecular complexity index is 629. The quantitative estimate of drug-likeness (QED) is 0.809. The molecule has 0 bridgehead atoms. The fraction of sp³-hybridized carbons (Fsp3) is 0.167. The number of aryl methyl sites for hydroxylation is 1. The minimum Gasteiger partial charge on any atom is -0.465 e. The zero-order valence-corrected chi connectivity index (χ0v) is 11.6. The van der Waals surface area contributed by atoms with Crippen LogP contribution in [0, 0.1) is 12.7 Å². The van der Waals surface area contributed by atoms with Crippen LogP contribution in [0.4, 0.5) is 4.39 Å². The lowest BCUT2D eigenvalue weighted by atomic mass is 10.2. The van der Waals surface area contributed by atoms with Crippen LogP contribution < -0.4 is 4.74 Å². The lowest BCUT2D eigenvalue weighted by molar-refractivity contribution is 0.0606. The van der Waals surface area contributed by atoms with Gasteiger partial charge in [0.25, 0.3) is 5.19 Å². The van der Waals surface area contributed by atoms with Gasteiger partial charge in [-0.15, -0.1) is 0 Å². The van der Waals surface area contributed by atoms with Crippen LogP contribution in [0.1, 0.15) is 15.2 Å². The number of carbonyl (C=O) groups is 1. The number of esters is 1. The molecule has 0 unspecified atom stereocenters. The summed E-state index contributed by atoms with van der Waals surface area (Å²) < 4.78 is 23.1. The molecule has 0 fully saturated rings. The number of nitrogens with zero attached hydrogens (tertiary/aromatic N) is 1. The van der Waals surface area contributed by atoms with Crippen LogP contribution in [-0.4, -0.2) is 18.1 Å². The predicted molar refractivity (Wildman–Crippen MR) is 69.7 cm³/mol. The number of hydrogen-bond donors (Lipinski definition) is 0. The molecule has 0 radical (unpaired) electrons. The summed E-state index contributed by atoms with van der Waals surface area (Å²) in [4.78, 5) is 15.4. The van der Waals surface area contributed by atoms with E-state index in [1.165, 1.54) is 25.3 Å². The van der Waals surface area contributed by atoms with Gasteiger partial charge in [-0.25, -0.2) is 9.18 Å². The zero-order chi connectivity index (χ0) is 14.0. The number of aromatic nitrogens is 1.